The molecule has 0 atom stereocenters. The quantitative estimate of drug-likeness (QED) is 0.576. The third-order valence-corrected chi connectivity index (χ3v) is 5.93. The molecule has 154 valence electrons. The monoisotopic (exact) mass is 449 g/mol. The van der Waals surface area contributed by atoms with Crippen molar-refractivity contribution in [3.8, 4) is 5.75 Å². The van der Waals surface area contributed by atoms with Gasteiger partial charge in [-0.05, 0) is 36.0 Å². The second kappa shape index (κ2) is 8.05. The van der Waals surface area contributed by atoms with Gasteiger partial charge in [0.05, 0.1) is 22.7 Å². The Bertz CT molecular complexity index is 1310. The van der Waals surface area contributed by atoms with Crippen molar-refractivity contribution >= 4 is 62.8 Å². The Morgan fingerprint density at radius 1 is 1.16 bits per heavy atom. The molecule has 0 aliphatic carbocycles. The van der Waals surface area contributed by atoms with Crippen molar-refractivity contribution in [3.63, 3.8) is 0 Å². The number of amides is 1. The third-order valence-electron chi connectivity index (χ3n) is 4.94. The summed E-state index contributed by atoms with van der Waals surface area (Å²) >= 11 is 7.39. The molecule has 9 heteroatoms. The Morgan fingerprint density at radius 2 is 1.97 bits per heavy atom. The number of carbonyl (C=O) groups is 1. The number of carbonyl (C=O) groups excluding carboxylic acids is 1. The number of thioether (sulfide) groups is 1. The first-order valence-electron chi connectivity index (χ1n) is 9.50. The van der Waals surface area contributed by atoms with Crippen molar-refractivity contribution in [2.45, 2.75) is 6.54 Å². The number of aromatic nitrogens is 1. The summed E-state index contributed by atoms with van der Waals surface area (Å²) in [6.07, 6.45) is 3.66. The van der Waals surface area contributed by atoms with Crippen LogP contribution in [0.1, 0.15) is 5.56 Å². The molecule has 2 aliphatic rings. The lowest BCUT2D eigenvalue weighted by Crippen LogP contribution is -2.35. The predicted octanol–water partition coefficient (Wildman–Crippen LogP) is 4.62. The Morgan fingerprint density at radius 3 is 2.84 bits per heavy atom. The van der Waals surface area contributed by atoms with E-state index in [1.165, 1.54) is 16.8 Å². The molecule has 0 saturated carbocycles. The molecular weight excluding hydrogens is 434 g/mol. The SMILES string of the molecule is N=C1C(=Cc2cn(CCOc3ccccc3Cl)c3ccccc23)C(=O)N=C2SC=NN12. The number of aliphatic imine (C=N–C) groups is 1. The van der Waals surface area contributed by atoms with E-state index in [0.29, 0.717) is 29.1 Å². The average Bonchev–Trinajstić information content (AvgIpc) is 3.38. The Kier molecular flexibility index (Phi) is 5.09. The summed E-state index contributed by atoms with van der Waals surface area (Å²) in [6, 6.07) is 15.3. The highest BCUT2D eigenvalue weighted by atomic mass is 35.5. The van der Waals surface area contributed by atoms with Crippen LogP contribution >= 0.6 is 23.4 Å². The molecule has 1 amide bonds. The highest BCUT2D eigenvalue weighted by Gasteiger charge is 2.32. The zero-order valence-electron chi connectivity index (χ0n) is 16.2. The molecule has 2 aliphatic heterocycles. The molecular formula is C22H16ClN5O2S. The number of ether oxygens (including phenoxy) is 1. The molecule has 2 aromatic carbocycles. The minimum absolute atomic E-state index is 0.0233. The number of fused-ring (bicyclic) bond motifs is 2. The number of nitrogens with one attached hydrogen (secondary N) is 1. The molecule has 5 rings (SSSR count). The standard InChI is InChI=1S/C22H16ClN5O2S/c23-17-6-2-4-8-19(17)30-10-9-27-12-14(15-5-1-3-7-18(15)27)11-16-20(24)28-22(26-21(16)29)31-13-25-28/h1-8,11-13,24H,9-10H2. The second-order valence-electron chi connectivity index (χ2n) is 6.83. The zero-order chi connectivity index (χ0) is 21.4. The normalized spacial score (nSPS) is 16.9. The van der Waals surface area contributed by atoms with Gasteiger partial charge in [-0.3, -0.25) is 10.2 Å². The molecule has 0 unspecified atom stereocenters. The molecule has 0 saturated heterocycles. The zero-order valence-corrected chi connectivity index (χ0v) is 17.7. The molecule has 0 spiro atoms. The number of amidine groups is 2. The molecule has 1 aromatic heterocycles. The molecule has 3 heterocycles. The van der Waals surface area contributed by atoms with Crippen molar-refractivity contribution in [3.05, 3.63) is 70.9 Å². The lowest BCUT2D eigenvalue weighted by atomic mass is 10.1. The van der Waals surface area contributed by atoms with E-state index in [-0.39, 0.29) is 11.4 Å². The number of hydrogen-bond donors (Lipinski definition) is 1. The fraction of sp³-hybridized carbons (Fsp3) is 0.0909. The van der Waals surface area contributed by atoms with Crippen LogP contribution in [0, 0.1) is 5.41 Å². The fourth-order valence-corrected chi connectivity index (χ4v) is 4.28. The van der Waals surface area contributed by atoms with E-state index in [1.807, 2.05) is 48.7 Å². The van der Waals surface area contributed by atoms with Crippen LogP contribution in [0.15, 0.2) is 70.4 Å². The second-order valence-corrected chi connectivity index (χ2v) is 8.05. The average molecular weight is 450 g/mol. The summed E-state index contributed by atoms with van der Waals surface area (Å²) in [6.45, 7) is 1.02. The number of rotatable bonds is 5. The number of para-hydroxylation sites is 2. The van der Waals surface area contributed by atoms with Crippen LogP contribution in [0.25, 0.3) is 17.0 Å². The van der Waals surface area contributed by atoms with Crippen molar-refractivity contribution < 1.29 is 9.53 Å². The van der Waals surface area contributed by atoms with Crippen LogP contribution in [0.2, 0.25) is 5.02 Å². The highest BCUT2D eigenvalue weighted by molar-refractivity contribution is 8.25. The van der Waals surface area contributed by atoms with Gasteiger partial charge < -0.3 is 9.30 Å². The maximum atomic E-state index is 12.5. The van der Waals surface area contributed by atoms with Gasteiger partial charge in [0.25, 0.3) is 5.91 Å². The van der Waals surface area contributed by atoms with Crippen LogP contribution in [0.5, 0.6) is 5.75 Å². The summed E-state index contributed by atoms with van der Waals surface area (Å²) in [7, 11) is 0. The maximum absolute atomic E-state index is 12.5. The first-order chi connectivity index (χ1) is 15.1. The summed E-state index contributed by atoms with van der Waals surface area (Å²) in [5, 5.41) is 15.8. The summed E-state index contributed by atoms with van der Waals surface area (Å²) in [4.78, 5) is 16.6. The molecule has 0 fully saturated rings. The number of hydrogen-bond acceptors (Lipinski definition) is 5. The number of nitrogens with zero attached hydrogens (tertiary/aromatic N) is 4. The number of hydrazone groups is 1. The molecule has 1 N–H and O–H groups in total. The van der Waals surface area contributed by atoms with Gasteiger partial charge in [-0.2, -0.15) is 15.1 Å². The largest absolute Gasteiger partial charge is 0.490 e. The number of halogens is 1. The van der Waals surface area contributed by atoms with Crippen molar-refractivity contribution in [2.75, 3.05) is 6.61 Å². The van der Waals surface area contributed by atoms with Crippen LogP contribution in [0.4, 0.5) is 0 Å². The Hall–Kier alpha value is -3.36. The van der Waals surface area contributed by atoms with Crippen LogP contribution in [-0.4, -0.2) is 38.6 Å². The molecule has 3 aromatic rings. The Balaban J connectivity index is 1.45. The smallest absolute Gasteiger partial charge is 0.283 e. The molecule has 31 heavy (non-hydrogen) atoms. The maximum Gasteiger partial charge on any atom is 0.283 e. The van der Waals surface area contributed by atoms with Crippen LogP contribution in [-0.2, 0) is 11.3 Å². The van der Waals surface area contributed by atoms with E-state index in [2.05, 4.69) is 14.7 Å². The van der Waals surface area contributed by atoms with Gasteiger partial charge in [-0.15, -0.1) is 0 Å². The summed E-state index contributed by atoms with van der Waals surface area (Å²) in [5.74, 6) is 0.227. The molecule has 7 nitrogen and oxygen atoms in total. The topological polar surface area (TPSA) is 83.0 Å². The van der Waals surface area contributed by atoms with Gasteiger partial charge in [0.2, 0.25) is 0 Å². The van der Waals surface area contributed by atoms with Crippen LogP contribution in [0.3, 0.4) is 0 Å². The Labute approximate surface area is 187 Å². The van der Waals surface area contributed by atoms with E-state index >= 15 is 0 Å². The van der Waals surface area contributed by atoms with Gasteiger partial charge in [0, 0.05) is 22.7 Å². The molecule has 0 radical (unpaired) electrons. The van der Waals surface area contributed by atoms with Gasteiger partial charge in [0.15, 0.2) is 11.0 Å². The van der Waals surface area contributed by atoms with Crippen molar-refractivity contribution in [2.24, 2.45) is 10.1 Å². The van der Waals surface area contributed by atoms with Crippen LogP contribution < -0.4 is 4.74 Å². The first-order valence-corrected chi connectivity index (χ1v) is 10.8. The predicted molar refractivity (Wildman–Crippen MR) is 125 cm³/mol. The number of benzene rings is 2. The van der Waals surface area contributed by atoms with Gasteiger partial charge >= 0.3 is 0 Å². The summed E-state index contributed by atoms with van der Waals surface area (Å²) < 4.78 is 7.89. The lowest BCUT2D eigenvalue weighted by Gasteiger charge is -2.20. The third kappa shape index (κ3) is 3.64. The van der Waals surface area contributed by atoms with Gasteiger partial charge in [0.1, 0.15) is 12.4 Å². The van der Waals surface area contributed by atoms with E-state index in [0.717, 1.165) is 16.5 Å². The van der Waals surface area contributed by atoms with Gasteiger partial charge in [-0.25, -0.2) is 0 Å². The first kappa shape index (κ1) is 19.6. The van der Waals surface area contributed by atoms with E-state index in [4.69, 9.17) is 21.7 Å². The minimum atomic E-state index is -0.437. The molecule has 0 bridgehead atoms. The fourth-order valence-electron chi connectivity index (χ4n) is 3.48. The van der Waals surface area contributed by atoms with E-state index in [1.54, 1.807) is 17.7 Å². The van der Waals surface area contributed by atoms with E-state index in [9.17, 15) is 4.79 Å². The van der Waals surface area contributed by atoms with Crippen molar-refractivity contribution in [1.82, 2.24) is 9.58 Å². The van der Waals surface area contributed by atoms with Gasteiger partial charge in [-0.1, -0.05) is 41.9 Å². The summed E-state index contributed by atoms with van der Waals surface area (Å²) in [5.41, 5.74) is 3.61. The van der Waals surface area contributed by atoms with E-state index < -0.39 is 5.91 Å². The van der Waals surface area contributed by atoms with Crippen molar-refractivity contribution in [1.29, 1.82) is 5.41 Å². The minimum Gasteiger partial charge on any atom is -0.490 e. The lowest BCUT2D eigenvalue weighted by molar-refractivity contribution is -0.114. The highest BCUT2D eigenvalue weighted by Crippen LogP contribution is 2.28.